The first-order valence-corrected chi connectivity index (χ1v) is 8.41. The Kier molecular flexibility index (Phi) is 4.78. The van der Waals surface area contributed by atoms with Gasteiger partial charge in [-0.15, -0.1) is 11.3 Å². The summed E-state index contributed by atoms with van der Waals surface area (Å²) in [7, 11) is 0. The van der Waals surface area contributed by atoms with Crippen molar-refractivity contribution in [2.75, 3.05) is 5.32 Å². The van der Waals surface area contributed by atoms with E-state index >= 15 is 0 Å². The van der Waals surface area contributed by atoms with E-state index in [9.17, 15) is 25.1 Å². The molecule has 0 saturated heterocycles. The summed E-state index contributed by atoms with van der Waals surface area (Å²) in [4.78, 5) is 30.8. The van der Waals surface area contributed by atoms with Gasteiger partial charge in [-0.2, -0.15) is 0 Å². The van der Waals surface area contributed by atoms with Crippen LogP contribution < -0.4 is 5.32 Å². The summed E-state index contributed by atoms with van der Waals surface area (Å²) in [5.41, 5.74) is 1.18. The number of aliphatic hydroxyl groups excluding tert-OH is 1. The highest BCUT2D eigenvalue weighted by Gasteiger charge is 2.25. The van der Waals surface area contributed by atoms with E-state index in [0.717, 1.165) is 0 Å². The molecule has 134 valence electrons. The van der Waals surface area contributed by atoms with Crippen LogP contribution in [-0.2, 0) is 4.79 Å². The third-order valence-electron chi connectivity index (χ3n) is 3.78. The predicted molar refractivity (Wildman–Crippen MR) is 96.2 cm³/mol. The lowest BCUT2D eigenvalue weighted by atomic mass is 10.0. The molecular formula is C16H14N4O5S. The monoisotopic (exact) mass is 374 g/mol. The van der Waals surface area contributed by atoms with E-state index in [0.29, 0.717) is 21.3 Å². The fourth-order valence-electron chi connectivity index (χ4n) is 2.52. The average molecular weight is 374 g/mol. The molecule has 2 atom stereocenters. The summed E-state index contributed by atoms with van der Waals surface area (Å²) in [6.45, 7) is 1.36. The first-order chi connectivity index (χ1) is 12.4. The Morgan fingerprint density at radius 1 is 1.38 bits per heavy atom. The second kappa shape index (κ2) is 7.02. The van der Waals surface area contributed by atoms with E-state index < -0.39 is 23.0 Å². The van der Waals surface area contributed by atoms with E-state index in [4.69, 9.17) is 0 Å². The number of hydrogen-bond acceptors (Lipinski definition) is 8. The molecule has 0 saturated carbocycles. The molecule has 0 aliphatic carbocycles. The number of carbonyl (C=O) groups is 1. The van der Waals surface area contributed by atoms with Gasteiger partial charge in [-0.25, -0.2) is 14.8 Å². The Labute approximate surface area is 151 Å². The van der Waals surface area contributed by atoms with Crippen LogP contribution in [0.5, 0.6) is 0 Å². The number of rotatable bonds is 6. The number of carboxylic acids is 1. The number of thiophene rings is 1. The zero-order valence-electron chi connectivity index (χ0n) is 13.5. The number of nitrogens with zero attached hydrogens (tertiary/aromatic N) is 3. The van der Waals surface area contributed by atoms with Gasteiger partial charge in [0.25, 0.3) is 5.69 Å². The van der Waals surface area contributed by atoms with Gasteiger partial charge in [-0.05, 0) is 12.5 Å². The number of carboxylic acid groups (broad SMARTS) is 1. The largest absolute Gasteiger partial charge is 0.480 e. The molecule has 26 heavy (non-hydrogen) atoms. The topological polar surface area (TPSA) is 138 Å². The Morgan fingerprint density at radius 2 is 2.15 bits per heavy atom. The van der Waals surface area contributed by atoms with E-state index in [2.05, 4.69) is 15.3 Å². The Bertz CT molecular complexity index is 988. The van der Waals surface area contributed by atoms with Gasteiger partial charge >= 0.3 is 5.97 Å². The maximum atomic E-state index is 11.4. The molecule has 0 amide bonds. The molecule has 1 aromatic carbocycles. The first kappa shape index (κ1) is 17.7. The van der Waals surface area contributed by atoms with Crippen molar-refractivity contribution in [2.24, 2.45) is 0 Å². The van der Waals surface area contributed by atoms with Crippen LogP contribution in [-0.4, -0.2) is 43.2 Å². The van der Waals surface area contributed by atoms with Crippen molar-refractivity contribution in [3.8, 4) is 11.1 Å². The zero-order valence-corrected chi connectivity index (χ0v) is 14.3. The summed E-state index contributed by atoms with van der Waals surface area (Å²) in [6, 6.07) is 4.85. The van der Waals surface area contributed by atoms with Crippen molar-refractivity contribution in [2.45, 2.75) is 19.1 Å². The number of benzene rings is 1. The average Bonchev–Trinajstić information content (AvgIpc) is 3.04. The molecule has 0 bridgehead atoms. The Morgan fingerprint density at radius 3 is 2.81 bits per heavy atom. The van der Waals surface area contributed by atoms with Crippen LogP contribution in [0.25, 0.3) is 21.3 Å². The van der Waals surface area contributed by atoms with Crippen LogP contribution in [0.15, 0.2) is 36.0 Å². The molecule has 0 radical (unpaired) electrons. The van der Waals surface area contributed by atoms with Crippen LogP contribution in [0, 0.1) is 10.1 Å². The molecule has 2 aromatic heterocycles. The standard InChI is InChI=1S/C16H14N4O5S/c1-8(21)13(16(22)23)19-14-12-11(6-26-15(12)18-7-17-14)9-3-2-4-10(5-9)20(24)25/h2-8,13,21H,1H3,(H,22,23)(H,17,18,19). The summed E-state index contributed by atoms with van der Waals surface area (Å²) in [5, 5.41) is 35.0. The summed E-state index contributed by atoms with van der Waals surface area (Å²) >= 11 is 1.31. The number of hydrogen-bond donors (Lipinski definition) is 3. The van der Waals surface area contributed by atoms with E-state index in [1.54, 1.807) is 17.5 Å². The third kappa shape index (κ3) is 3.32. The van der Waals surface area contributed by atoms with Crippen molar-refractivity contribution in [3.05, 3.63) is 46.1 Å². The molecule has 0 fully saturated rings. The normalized spacial score (nSPS) is 13.3. The molecule has 3 N–H and O–H groups in total. The minimum Gasteiger partial charge on any atom is -0.480 e. The Hall–Kier alpha value is -3.11. The number of anilines is 1. The van der Waals surface area contributed by atoms with E-state index in [-0.39, 0.29) is 11.5 Å². The fourth-order valence-corrected chi connectivity index (χ4v) is 3.44. The third-order valence-corrected chi connectivity index (χ3v) is 4.67. The molecule has 0 aliphatic heterocycles. The molecule has 9 nitrogen and oxygen atoms in total. The van der Waals surface area contributed by atoms with Crippen molar-refractivity contribution in [1.82, 2.24) is 9.97 Å². The minimum absolute atomic E-state index is 0.0550. The second-order valence-corrected chi connectivity index (χ2v) is 6.42. The highest BCUT2D eigenvalue weighted by molar-refractivity contribution is 7.17. The lowest BCUT2D eigenvalue weighted by Gasteiger charge is -2.18. The lowest BCUT2D eigenvalue weighted by Crippen LogP contribution is -2.39. The number of aromatic nitrogens is 2. The van der Waals surface area contributed by atoms with Gasteiger partial charge in [0.05, 0.1) is 16.4 Å². The molecule has 2 unspecified atom stereocenters. The first-order valence-electron chi connectivity index (χ1n) is 7.53. The van der Waals surface area contributed by atoms with E-state index in [1.165, 1.54) is 36.7 Å². The molecular weight excluding hydrogens is 360 g/mol. The summed E-state index contributed by atoms with van der Waals surface area (Å²) < 4.78 is 0. The smallest absolute Gasteiger partial charge is 0.328 e. The number of nitro groups is 1. The zero-order chi connectivity index (χ0) is 18.8. The highest BCUT2D eigenvalue weighted by atomic mass is 32.1. The predicted octanol–water partition coefficient (Wildman–Crippen LogP) is 2.51. The van der Waals surface area contributed by atoms with Crippen LogP contribution in [0.1, 0.15) is 6.92 Å². The van der Waals surface area contributed by atoms with Crippen molar-refractivity contribution >= 4 is 39.0 Å². The molecule has 0 aliphatic rings. The summed E-state index contributed by atoms with van der Waals surface area (Å²) in [5.74, 6) is -0.982. The fraction of sp³-hybridized carbons (Fsp3) is 0.188. The maximum absolute atomic E-state index is 11.4. The Balaban J connectivity index is 2.13. The van der Waals surface area contributed by atoms with Crippen LogP contribution >= 0.6 is 11.3 Å². The summed E-state index contributed by atoms with van der Waals surface area (Å²) in [6.07, 6.45) is 0.136. The molecule has 10 heteroatoms. The quantitative estimate of drug-likeness (QED) is 0.442. The molecule has 3 aromatic rings. The second-order valence-electron chi connectivity index (χ2n) is 5.56. The van der Waals surface area contributed by atoms with E-state index in [1.807, 2.05) is 0 Å². The number of nitro benzene ring substituents is 1. The van der Waals surface area contributed by atoms with Gasteiger partial charge < -0.3 is 15.5 Å². The van der Waals surface area contributed by atoms with Gasteiger partial charge in [0.15, 0.2) is 6.04 Å². The lowest BCUT2D eigenvalue weighted by molar-refractivity contribution is -0.384. The molecule has 3 rings (SSSR count). The van der Waals surface area contributed by atoms with Crippen molar-refractivity contribution in [1.29, 1.82) is 0 Å². The van der Waals surface area contributed by atoms with Gasteiger partial charge in [-0.1, -0.05) is 12.1 Å². The van der Waals surface area contributed by atoms with Crippen LogP contribution in [0.3, 0.4) is 0 Å². The minimum atomic E-state index is -1.26. The van der Waals surface area contributed by atoms with Crippen molar-refractivity contribution < 1.29 is 19.9 Å². The van der Waals surface area contributed by atoms with Crippen molar-refractivity contribution in [3.63, 3.8) is 0 Å². The van der Waals surface area contributed by atoms with Gasteiger partial charge in [0.2, 0.25) is 0 Å². The van der Waals surface area contributed by atoms with Crippen LogP contribution in [0.4, 0.5) is 11.5 Å². The van der Waals surface area contributed by atoms with Gasteiger partial charge in [0, 0.05) is 23.1 Å². The number of nitrogens with one attached hydrogen (secondary N) is 1. The van der Waals surface area contributed by atoms with Crippen LogP contribution in [0.2, 0.25) is 0 Å². The SMILES string of the molecule is CC(O)C(Nc1ncnc2scc(-c3cccc([N+](=O)[O-])c3)c12)C(=O)O. The van der Waals surface area contributed by atoms with Gasteiger partial charge in [-0.3, -0.25) is 10.1 Å². The molecule has 2 heterocycles. The number of aliphatic hydroxyl groups is 1. The number of fused-ring (bicyclic) bond motifs is 1. The maximum Gasteiger partial charge on any atom is 0.328 e. The highest BCUT2D eigenvalue weighted by Crippen LogP contribution is 2.37. The number of aliphatic carboxylic acids is 1. The number of non-ortho nitro benzene ring substituents is 1. The molecule has 0 spiro atoms. The van der Waals surface area contributed by atoms with Gasteiger partial charge in [0.1, 0.15) is 17.0 Å².